The summed E-state index contributed by atoms with van der Waals surface area (Å²) in [5.74, 6) is 0.680. The molecule has 0 aliphatic carbocycles. The summed E-state index contributed by atoms with van der Waals surface area (Å²) in [6.45, 7) is 5.88. The summed E-state index contributed by atoms with van der Waals surface area (Å²) in [4.78, 5) is 0. The van der Waals surface area contributed by atoms with Crippen molar-refractivity contribution in [2.75, 3.05) is 11.5 Å². The maximum atomic E-state index is 11.4. The largest absolute Gasteiger partial charge is 0.327 e. The molecule has 0 radical (unpaired) electrons. The van der Waals surface area contributed by atoms with Crippen molar-refractivity contribution in [3.05, 3.63) is 0 Å². The summed E-state index contributed by atoms with van der Waals surface area (Å²) in [5.41, 5.74) is 5.76. The fourth-order valence-corrected chi connectivity index (χ4v) is 2.86. The molecular weight excluding hydrogens is 186 g/mol. The molecule has 0 aromatic carbocycles. The van der Waals surface area contributed by atoms with E-state index in [0.717, 1.165) is 6.42 Å². The molecule has 0 bridgehead atoms. The number of hydrogen-bond donors (Lipinski definition) is 1. The molecule has 80 valence electrons. The van der Waals surface area contributed by atoms with Gasteiger partial charge in [0.1, 0.15) is 0 Å². The monoisotopic (exact) mass is 207 g/mol. The summed E-state index contributed by atoms with van der Waals surface area (Å²) in [6.07, 6.45) is 1.61. The highest BCUT2D eigenvalue weighted by Crippen LogP contribution is 2.08. The predicted molar refractivity (Wildman–Crippen MR) is 56.4 cm³/mol. The Morgan fingerprint density at radius 3 is 2.23 bits per heavy atom. The highest BCUT2D eigenvalue weighted by Gasteiger charge is 2.18. The zero-order valence-corrected chi connectivity index (χ0v) is 9.60. The second-order valence-corrected chi connectivity index (χ2v) is 5.89. The standard InChI is InChI=1S/C9H21NO2S/c1-4-6-13(11,12)7-9(10)8(3)5-2/h8-9H,4-7,10H2,1-3H3. The van der Waals surface area contributed by atoms with Gasteiger partial charge in [-0.05, 0) is 12.3 Å². The average molecular weight is 207 g/mol. The minimum absolute atomic E-state index is 0.135. The molecule has 0 aromatic heterocycles. The molecule has 0 aliphatic rings. The van der Waals surface area contributed by atoms with E-state index in [-0.39, 0.29) is 23.5 Å². The molecule has 0 saturated heterocycles. The molecule has 2 unspecified atom stereocenters. The fourth-order valence-electron chi connectivity index (χ4n) is 1.15. The van der Waals surface area contributed by atoms with Crippen molar-refractivity contribution in [3.8, 4) is 0 Å². The molecule has 0 rings (SSSR count). The minimum Gasteiger partial charge on any atom is -0.327 e. The van der Waals surface area contributed by atoms with Gasteiger partial charge in [0.25, 0.3) is 0 Å². The van der Waals surface area contributed by atoms with Crippen LogP contribution in [-0.4, -0.2) is 26.0 Å². The Kier molecular flexibility index (Phi) is 5.56. The normalized spacial score (nSPS) is 16.9. The third-order valence-corrected chi connectivity index (χ3v) is 4.26. The van der Waals surface area contributed by atoms with Gasteiger partial charge in [-0.15, -0.1) is 0 Å². The van der Waals surface area contributed by atoms with Gasteiger partial charge < -0.3 is 5.73 Å². The van der Waals surface area contributed by atoms with Crippen LogP contribution in [0.2, 0.25) is 0 Å². The van der Waals surface area contributed by atoms with E-state index in [1.807, 2.05) is 20.8 Å². The maximum absolute atomic E-state index is 11.4. The van der Waals surface area contributed by atoms with Crippen LogP contribution in [-0.2, 0) is 9.84 Å². The van der Waals surface area contributed by atoms with Crippen LogP contribution in [0, 0.1) is 5.92 Å². The third kappa shape index (κ3) is 5.26. The highest BCUT2D eigenvalue weighted by molar-refractivity contribution is 7.91. The van der Waals surface area contributed by atoms with Crippen molar-refractivity contribution in [2.24, 2.45) is 11.7 Å². The molecule has 4 heteroatoms. The Morgan fingerprint density at radius 1 is 1.31 bits per heavy atom. The Morgan fingerprint density at radius 2 is 1.85 bits per heavy atom. The summed E-state index contributed by atoms with van der Waals surface area (Å²) >= 11 is 0. The van der Waals surface area contributed by atoms with Gasteiger partial charge in [0.2, 0.25) is 0 Å². The molecule has 0 amide bonds. The first kappa shape index (κ1) is 12.9. The molecule has 0 saturated carbocycles. The average Bonchev–Trinajstić information content (AvgIpc) is 2.01. The zero-order valence-electron chi connectivity index (χ0n) is 8.79. The molecule has 13 heavy (non-hydrogen) atoms. The summed E-state index contributed by atoms with van der Waals surface area (Å²) in [6, 6.07) is -0.207. The highest BCUT2D eigenvalue weighted by atomic mass is 32.2. The van der Waals surface area contributed by atoms with Crippen molar-refractivity contribution in [1.29, 1.82) is 0 Å². The van der Waals surface area contributed by atoms with E-state index < -0.39 is 9.84 Å². The van der Waals surface area contributed by atoms with Gasteiger partial charge in [-0.25, -0.2) is 8.42 Å². The summed E-state index contributed by atoms with van der Waals surface area (Å²) in [5, 5.41) is 0. The summed E-state index contributed by atoms with van der Waals surface area (Å²) in [7, 11) is -2.91. The van der Waals surface area contributed by atoms with E-state index in [2.05, 4.69) is 0 Å². The number of nitrogens with two attached hydrogens (primary N) is 1. The lowest BCUT2D eigenvalue weighted by molar-refractivity contribution is 0.466. The van der Waals surface area contributed by atoms with Crippen molar-refractivity contribution < 1.29 is 8.42 Å². The minimum atomic E-state index is -2.91. The van der Waals surface area contributed by atoms with Crippen LogP contribution in [0.5, 0.6) is 0 Å². The van der Waals surface area contributed by atoms with Crippen LogP contribution >= 0.6 is 0 Å². The quantitative estimate of drug-likeness (QED) is 0.711. The molecule has 3 nitrogen and oxygen atoms in total. The van der Waals surface area contributed by atoms with Gasteiger partial charge in [0, 0.05) is 11.8 Å². The number of hydrogen-bond acceptors (Lipinski definition) is 3. The molecule has 2 atom stereocenters. The van der Waals surface area contributed by atoms with Gasteiger partial charge in [0.05, 0.1) is 5.75 Å². The smallest absolute Gasteiger partial charge is 0.151 e. The number of sulfone groups is 1. The first-order valence-corrected chi connectivity index (χ1v) is 6.71. The maximum Gasteiger partial charge on any atom is 0.151 e. The van der Waals surface area contributed by atoms with Crippen LogP contribution < -0.4 is 5.73 Å². The fraction of sp³-hybridized carbons (Fsp3) is 1.00. The zero-order chi connectivity index (χ0) is 10.5. The van der Waals surface area contributed by atoms with Crippen LogP contribution in [0.15, 0.2) is 0 Å². The third-order valence-electron chi connectivity index (χ3n) is 2.34. The van der Waals surface area contributed by atoms with E-state index in [1.54, 1.807) is 0 Å². The van der Waals surface area contributed by atoms with Crippen LogP contribution in [0.25, 0.3) is 0 Å². The molecule has 0 spiro atoms. The van der Waals surface area contributed by atoms with E-state index in [9.17, 15) is 8.42 Å². The summed E-state index contributed by atoms with van der Waals surface area (Å²) < 4.78 is 22.8. The Hall–Kier alpha value is -0.0900. The van der Waals surface area contributed by atoms with E-state index >= 15 is 0 Å². The van der Waals surface area contributed by atoms with E-state index in [1.165, 1.54) is 0 Å². The Labute approximate surface area is 81.6 Å². The topological polar surface area (TPSA) is 60.2 Å². The Balaban J connectivity index is 4.11. The van der Waals surface area contributed by atoms with Gasteiger partial charge in [-0.3, -0.25) is 0 Å². The molecule has 0 heterocycles. The second kappa shape index (κ2) is 5.60. The van der Waals surface area contributed by atoms with E-state index in [0.29, 0.717) is 6.42 Å². The van der Waals surface area contributed by atoms with Crippen molar-refractivity contribution in [1.82, 2.24) is 0 Å². The van der Waals surface area contributed by atoms with Crippen molar-refractivity contribution >= 4 is 9.84 Å². The second-order valence-electron chi connectivity index (χ2n) is 3.66. The molecular formula is C9H21NO2S. The molecule has 0 aliphatic heterocycles. The van der Waals surface area contributed by atoms with Gasteiger partial charge in [0.15, 0.2) is 9.84 Å². The van der Waals surface area contributed by atoms with Crippen LogP contribution in [0.3, 0.4) is 0 Å². The van der Waals surface area contributed by atoms with Crippen molar-refractivity contribution in [2.45, 2.75) is 39.7 Å². The first-order chi connectivity index (χ1) is 5.93. The first-order valence-electron chi connectivity index (χ1n) is 4.89. The SMILES string of the molecule is CCCS(=O)(=O)CC(N)C(C)CC. The van der Waals surface area contributed by atoms with Crippen LogP contribution in [0.1, 0.15) is 33.6 Å². The predicted octanol–water partition coefficient (Wildman–Crippen LogP) is 1.18. The molecule has 0 fully saturated rings. The van der Waals surface area contributed by atoms with Gasteiger partial charge in [-0.1, -0.05) is 27.2 Å². The molecule has 2 N–H and O–H groups in total. The lowest BCUT2D eigenvalue weighted by Gasteiger charge is -2.17. The molecule has 0 aromatic rings. The lowest BCUT2D eigenvalue weighted by Crippen LogP contribution is -2.36. The number of rotatable bonds is 6. The van der Waals surface area contributed by atoms with Crippen LogP contribution in [0.4, 0.5) is 0 Å². The van der Waals surface area contributed by atoms with Gasteiger partial charge in [-0.2, -0.15) is 0 Å². The Bertz CT molecular complexity index is 224. The van der Waals surface area contributed by atoms with Crippen molar-refractivity contribution in [3.63, 3.8) is 0 Å². The van der Waals surface area contributed by atoms with Gasteiger partial charge >= 0.3 is 0 Å². The van der Waals surface area contributed by atoms with E-state index in [4.69, 9.17) is 5.73 Å². The lowest BCUT2D eigenvalue weighted by atomic mass is 10.0.